The summed E-state index contributed by atoms with van der Waals surface area (Å²) in [6, 6.07) is 15.7. The summed E-state index contributed by atoms with van der Waals surface area (Å²) >= 11 is 0. The second-order valence-electron chi connectivity index (χ2n) is 8.00. The molecule has 0 amide bonds. The van der Waals surface area contributed by atoms with Crippen molar-refractivity contribution in [3.8, 4) is 28.6 Å². The van der Waals surface area contributed by atoms with Gasteiger partial charge in [0.15, 0.2) is 5.78 Å². The number of rotatable bonds is 9. The molecule has 162 valence electrons. The fourth-order valence-corrected chi connectivity index (χ4v) is 3.50. The molecule has 7 nitrogen and oxygen atoms in total. The van der Waals surface area contributed by atoms with Crippen LogP contribution in [0, 0.1) is 5.92 Å². The number of nitrogens with zero attached hydrogens (tertiary/aromatic N) is 3. The van der Waals surface area contributed by atoms with Gasteiger partial charge in [-0.1, -0.05) is 36.3 Å². The first-order chi connectivity index (χ1) is 15.1. The van der Waals surface area contributed by atoms with Crippen LogP contribution >= 0.6 is 0 Å². The average molecular weight is 421 g/mol. The van der Waals surface area contributed by atoms with Gasteiger partial charge in [-0.05, 0) is 43.2 Å². The summed E-state index contributed by atoms with van der Waals surface area (Å²) in [4.78, 5) is 18.2. The van der Waals surface area contributed by atoms with Crippen molar-refractivity contribution in [1.82, 2.24) is 15.0 Å². The van der Waals surface area contributed by atoms with Gasteiger partial charge < -0.3 is 14.4 Å². The summed E-state index contributed by atoms with van der Waals surface area (Å²) in [5, 5.41) is 13.0. The van der Waals surface area contributed by atoms with Gasteiger partial charge in [-0.25, -0.2) is 0 Å². The third-order valence-corrected chi connectivity index (χ3v) is 5.63. The molecule has 0 saturated carbocycles. The molecule has 31 heavy (non-hydrogen) atoms. The van der Waals surface area contributed by atoms with E-state index < -0.39 is 0 Å². The first kappa shape index (κ1) is 21.2. The van der Waals surface area contributed by atoms with Crippen molar-refractivity contribution in [2.75, 3.05) is 19.7 Å². The fraction of sp³-hybridized carbons (Fsp3) is 0.375. The monoisotopic (exact) mass is 421 g/mol. The van der Waals surface area contributed by atoms with Crippen LogP contribution in [-0.4, -0.2) is 51.7 Å². The number of carbonyl (C=O) groups is 1. The van der Waals surface area contributed by atoms with Gasteiger partial charge in [0.25, 0.3) is 5.89 Å². The zero-order valence-corrected chi connectivity index (χ0v) is 17.8. The van der Waals surface area contributed by atoms with E-state index in [0.717, 1.165) is 35.4 Å². The largest absolute Gasteiger partial charge is 0.491 e. The number of Topliss-reactive ketones (excluding diaryl/α,β-unsaturated/α-hetero) is 1. The molecule has 2 aromatic carbocycles. The van der Waals surface area contributed by atoms with Crippen molar-refractivity contribution in [3.63, 3.8) is 0 Å². The topological polar surface area (TPSA) is 88.7 Å². The van der Waals surface area contributed by atoms with Crippen LogP contribution in [-0.2, 0) is 11.3 Å². The molecule has 4 rings (SSSR count). The lowest BCUT2D eigenvalue weighted by molar-refractivity contribution is -0.131. The molecule has 2 heterocycles. The number of aliphatic hydroxyl groups is 1. The van der Waals surface area contributed by atoms with E-state index >= 15 is 0 Å². The number of hydrogen-bond acceptors (Lipinski definition) is 7. The van der Waals surface area contributed by atoms with Crippen LogP contribution < -0.4 is 4.74 Å². The van der Waals surface area contributed by atoms with Crippen LogP contribution in [0.25, 0.3) is 22.8 Å². The number of carbonyl (C=O) groups excluding carboxylic acids is 1. The molecular weight excluding hydrogens is 394 g/mol. The Morgan fingerprint density at radius 2 is 1.84 bits per heavy atom. The Balaban J connectivity index is 1.36. The lowest BCUT2D eigenvalue weighted by Crippen LogP contribution is -2.50. The quantitative estimate of drug-likeness (QED) is 0.565. The first-order valence-electron chi connectivity index (χ1n) is 10.6. The summed E-state index contributed by atoms with van der Waals surface area (Å²) in [7, 11) is 0. The van der Waals surface area contributed by atoms with E-state index in [4.69, 9.17) is 14.4 Å². The van der Waals surface area contributed by atoms with Crippen molar-refractivity contribution >= 4 is 5.78 Å². The van der Waals surface area contributed by atoms with Crippen molar-refractivity contribution in [1.29, 1.82) is 0 Å². The normalized spacial score (nSPS) is 15.5. The maximum Gasteiger partial charge on any atom is 0.258 e. The predicted molar refractivity (Wildman–Crippen MR) is 116 cm³/mol. The average Bonchev–Trinajstić information content (AvgIpc) is 3.26. The molecule has 1 atom stereocenters. The standard InChI is InChI=1S/C24H27N3O4/c1-3-16(2)30-21-10-8-19(9-11-21)24-25-23(26-31-24)18-6-4-17(5-7-18)12-27-13-20(14-27)22(29)15-28/h4-11,16,20,28H,3,12-15H2,1-2H3/t16-/m0/s1. The molecule has 1 N–H and O–H groups in total. The van der Waals surface area contributed by atoms with Crippen molar-refractivity contribution < 1.29 is 19.2 Å². The summed E-state index contributed by atoms with van der Waals surface area (Å²) in [6.45, 7) is 5.95. The van der Waals surface area contributed by atoms with Gasteiger partial charge in [0.2, 0.25) is 5.82 Å². The maximum absolute atomic E-state index is 11.5. The van der Waals surface area contributed by atoms with E-state index in [2.05, 4.69) is 22.0 Å². The zero-order chi connectivity index (χ0) is 21.8. The maximum atomic E-state index is 11.5. The van der Waals surface area contributed by atoms with E-state index in [1.54, 1.807) is 0 Å². The molecule has 3 aromatic rings. The molecule has 7 heteroatoms. The number of aromatic nitrogens is 2. The van der Waals surface area contributed by atoms with Crippen molar-refractivity contribution in [3.05, 3.63) is 54.1 Å². The van der Waals surface area contributed by atoms with Crippen LogP contribution in [0.4, 0.5) is 0 Å². The highest BCUT2D eigenvalue weighted by Crippen LogP contribution is 2.26. The molecule has 1 fully saturated rings. The highest BCUT2D eigenvalue weighted by Gasteiger charge is 2.31. The Morgan fingerprint density at radius 1 is 1.16 bits per heavy atom. The SMILES string of the molecule is CC[C@H](C)Oc1ccc(-c2nc(-c3ccc(CN4CC(C(=O)CO)C4)cc3)no2)cc1. The highest BCUT2D eigenvalue weighted by molar-refractivity contribution is 5.83. The molecule has 0 aliphatic carbocycles. The van der Waals surface area contributed by atoms with Gasteiger partial charge in [0.1, 0.15) is 12.4 Å². The number of ether oxygens (including phenoxy) is 1. The minimum Gasteiger partial charge on any atom is -0.491 e. The molecular formula is C24H27N3O4. The Kier molecular flexibility index (Phi) is 6.44. The Labute approximate surface area is 181 Å². The summed E-state index contributed by atoms with van der Waals surface area (Å²) < 4.78 is 11.3. The third-order valence-electron chi connectivity index (χ3n) is 5.63. The summed E-state index contributed by atoms with van der Waals surface area (Å²) in [5.41, 5.74) is 2.88. The van der Waals surface area contributed by atoms with Crippen LogP contribution in [0.5, 0.6) is 5.75 Å². The van der Waals surface area contributed by atoms with Gasteiger partial charge in [-0.15, -0.1) is 0 Å². The van der Waals surface area contributed by atoms with Gasteiger partial charge in [0, 0.05) is 36.7 Å². The minimum absolute atomic E-state index is 0.0299. The van der Waals surface area contributed by atoms with Crippen LogP contribution in [0.2, 0.25) is 0 Å². The predicted octanol–water partition coefficient (Wildman–Crippen LogP) is 3.57. The lowest BCUT2D eigenvalue weighted by atomic mass is 9.95. The molecule has 0 radical (unpaired) electrons. The van der Waals surface area contributed by atoms with Gasteiger partial charge in [-0.3, -0.25) is 9.69 Å². The molecule has 0 bridgehead atoms. The molecule has 1 saturated heterocycles. The number of ketones is 1. The van der Waals surface area contributed by atoms with E-state index in [-0.39, 0.29) is 24.4 Å². The highest BCUT2D eigenvalue weighted by atomic mass is 16.5. The van der Waals surface area contributed by atoms with Crippen LogP contribution in [0.15, 0.2) is 53.1 Å². The third kappa shape index (κ3) is 5.00. The summed E-state index contributed by atoms with van der Waals surface area (Å²) in [6.07, 6.45) is 1.13. The fourth-order valence-electron chi connectivity index (χ4n) is 3.50. The van der Waals surface area contributed by atoms with Crippen molar-refractivity contribution in [2.45, 2.75) is 32.9 Å². The number of benzene rings is 2. The zero-order valence-electron chi connectivity index (χ0n) is 17.8. The van der Waals surface area contributed by atoms with Crippen molar-refractivity contribution in [2.24, 2.45) is 5.92 Å². The summed E-state index contributed by atoms with van der Waals surface area (Å²) in [5.74, 6) is 1.73. The molecule has 0 spiro atoms. The van der Waals surface area contributed by atoms with E-state index in [0.29, 0.717) is 24.8 Å². The molecule has 0 unspecified atom stereocenters. The molecule has 1 aliphatic rings. The lowest BCUT2D eigenvalue weighted by Gasteiger charge is -2.38. The van der Waals surface area contributed by atoms with E-state index in [1.165, 1.54) is 0 Å². The first-order valence-corrected chi connectivity index (χ1v) is 10.6. The number of aliphatic hydroxyl groups excluding tert-OH is 1. The minimum atomic E-state index is -0.365. The van der Waals surface area contributed by atoms with Gasteiger partial charge >= 0.3 is 0 Å². The Morgan fingerprint density at radius 3 is 2.48 bits per heavy atom. The van der Waals surface area contributed by atoms with Crippen LogP contribution in [0.1, 0.15) is 25.8 Å². The molecule has 1 aromatic heterocycles. The van der Waals surface area contributed by atoms with E-state index in [1.807, 2.05) is 55.5 Å². The van der Waals surface area contributed by atoms with Gasteiger partial charge in [0.05, 0.1) is 6.10 Å². The number of hydrogen-bond donors (Lipinski definition) is 1. The smallest absolute Gasteiger partial charge is 0.258 e. The van der Waals surface area contributed by atoms with Crippen LogP contribution in [0.3, 0.4) is 0 Å². The molecule has 1 aliphatic heterocycles. The second-order valence-corrected chi connectivity index (χ2v) is 8.00. The second kappa shape index (κ2) is 9.41. The van der Waals surface area contributed by atoms with Gasteiger partial charge in [-0.2, -0.15) is 4.98 Å². The van der Waals surface area contributed by atoms with E-state index in [9.17, 15) is 4.79 Å². The Bertz CT molecular complexity index is 1010. The number of likely N-dealkylation sites (tertiary alicyclic amines) is 1. The Hall–Kier alpha value is -3.03.